The number of fused-ring (bicyclic) bond motifs is 3. The lowest BCUT2D eigenvalue weighted by Gasteiger charge is -2.39. The summed E-state index contributed by atoms with van der Waals surface area (Å²) in [6.45, 7) is 1.31. The number of carbonyl (C=O) groups excluding carboxylic acids is 3. The van der Waals surface area contributed by atoms with Gasteiger partial charge in [0, 0.05) is 46.3 Å². The topological polar surface area (TPSA) is 113 Å². The monoisotopic (exact) mass is 560 g/mol. The Bertz CT molecular complexity index is 1470. The number of hydrogen-bond acceptors (Lipinski definition) is 5. The van der Waals surface area contributed by atoms with E-state index in [-0.39, 0.29) is 24.3 Å². The van der Waals surface area contributed by atoms with E-state index in [1.807, 2.05) is 30.3 Å². The van der Waals surface area contributed by atoms with Gasteiger partial charge in [-0.1, -0.05) is 22.0 Å². The Hall–Kier alpha value is -3.71. The highest BCUT2D eigenvalue weighted by Crippen LogP contribution is 2.51. The molecule has 0 saturated carbocycles. The molecule has 1 aromatic heterocycles. The van der Waals surface area contributed by atoms with Crippen LogP contribution in [0.1, 0.15) is 41.6 Å². The second-order valence-corrected chi connectivity index (χ2v) is 10.8. The Kier molecular flexibility index (Phi) is 5.75. The Balaban J connectivity index is 1.25. The van der Waals surface area contributed by atoms with Crippen molar-refractivity contribution in [3.05, 3.63) is 58.2 Å². The van der Waals surface area contributed by atoms with Crippen LogP contribution in [0, 0.1) is 11.3 Å². The number of aromatic nitrogens is 2. The molecule has 10 heteroatoms. The molecule has 2 saturated heterocycles. The van der Waals surface area contributed by atoms with Gasteiger partial charge in [0.1, 0.15) is 12.6 Å². The number of rotatable bonds is 3. The number of piperidine rings is 1. The van der Waals surface area contributed by atoms with Crippen molar-refractivity contribution in [2.75, 3.05) is 31.1 Å². The molecule has 1 spiro atoms. The molecule has 1 N–H and O–H groups in total. The summed E-state index contributed by atoms with van der Waals surface area (Å²) >= 11 is 3.66. The highest BCUT2D eigenvalue weighted by molar-refractivity contribution is 9.10. The average molecular weight is 561 g/mol. The van der Waals surface area contributed by atoms with Crippen molar-refractivity contribution in [1.82, 2.24) is 20.0 Å². The molecule has 0 radical (unpaired) electrons. The quantitative estimate of drug-likeness (QED) is 0.527. The van der Waals surface area contributed by atoms with Gasteiger partial charge in [-0.15, -0.1) is 0 Å². The van der Waals surface area contributed by atoms with E-state index >= 15 is 0 Å². The van der Waals surface area contributed by atoms with Crippen molar-refractivity contribution in [2.24, 2.45) is 0 Å². The van der Waals surface area contributed by atoms with Crippen LogP contribution in [0.4, 0.5) is 5.69 Å². The van der Waals surface area contributed by atoms with Gasteiger partial charge in [0.15, 0.2) is 0 Å². The molecule has 9 nitrogen and oxygen atoms in total. The Morgan fingerprint density at radius 3 is 2.78 bits per heavy atom. The minimum Gasteiger partial charge on any atom is -0.339 e. The fourth-order valence-electron chi connectivity index (χ4n) is 6.08. The van der Waals surface area contributed by atoms with Gasteiger partial charge >= 0.3 is 0 Å². The first-order valence-electron chi connectivity index (χ1n) is 12.5. The Labute approximate surface area is 222 Å². The number of nitrogens with one attached hydrogen (secondary N) is 1. The summed E-state index contributed by atoms with van der Waals surface area (Å²) in [5.41, 5.74) is 2.27. The van der Waals surface area contributed by atoms with Gasteiger partial charge in [-0.2, -0.15) is 10.4 Å². The summed E-state index contributed by atoms with van der Waals surface area (Å²) < 4.78 is 0.828. The zero-order chi connectivity index (χ0) is 25.7. The first-order valence-corrected chi connectivity index (χ1v) is 13.2. The predicted octanol–water partition coefficient (Wildman–Crippen LogP) is 3.36. The Morgan fingerprint density at radius 2 is 2.00 bits per heavy atom. The third-order valence-electron chi connectivity index (χ3n) is 8.02. The number of carbonyl (C=O) groups is 3. The SMILES string of the molecule is N#C[C@@H]1CCCN1C(=O)CN1C(=O)C2(CCN(C(=O)c3ccc4[nH]ncc4c3)CC2)c2c(Br)cccc21. The van der Waals surface area contributed by atoms with Gasteiger partial charge in [-0.3, -0.25) is 19.5 Å². The number of aromatic amines is 1. The molecule has 1 atom stereocenters. The summed E-state index contributed by atoms with van der Waals surface area (Å²) in [7, 11) is 0. The van der Waals surface area contributed by atoms with E-state index in [1.54, 1.807) is 27.0 Å². The summed E-state index contributed by atoms with van der Waals surface area (Å²) in [6, 6.07) is 12.9. The third-order valence-corrected chi connectivity index (χ3v) is 8.68. The van der Waals surface area contributed by atoms with Crippen LogP contribution in [0.5, 0.6) is 0 Å². The molecule has 3 amide bonds. The third kappa shape index (κ3) is 3.72. The highest BCUT2D eigenvalue weighted by atomic mass is 79.9. The number of anilines is 1. The largest absolute Gasteiger partial charge is 0.339 e. The summed E-state index contributed by atoms with van der Waals surface area (Å²) in [5, 5.41) is 17.2. The molecule has 188 valence electrons. The van der Waals surface area contributed by atoms with E-state index in [0.29, 0.717) is 44.5 Å². The van der Waals surface area contributed by atoms with Gasteiger partial charge in [-0.05, 0) is 56.0 Å². The van der Waals surface area contributed by atoms with Crippen molar-refractivity contribution >= 4 is 50.2 Å². The van der Waals surface area contributed by atoms with Crippen LogP contribution in [0.3, 0.4) is 0 Å². The molecule has 4 heterocycles. The molecule has 0 unspecified atom stereocenters. The lowest BCUT2D eigenvalue weighted by atomic mass is 9.73. The van der Waals surface area contributed by atoms with Gasteiger partial charge in [0.25, 0.3) is 5.91 Å². The minimum atomic E-state index is -0.805. The second kappa shape index (κ2) is 8.99. The highest BCUT2D eigenvalue weighted by Gasteiger charge is 2.54. The molecule has 6 rings (SSSR count). The van der Waals surface area contributed by atoms with Gasteiger partial charge in [0.05, 0.1) is 23.2 Å². The molecule has 3 aromatic rings. The van der Waals surface area contributed by atoms with Crippen LogP contribution in [-0.4, -0.2) is 69.9 Å². The molecule has 2 aromatic carbocycles. The van der Waals surface area contributed by atoms with Crippen molar-refractivity contribution in [3.8, 4) is 6.07 Å². The predicted molar refractivity (Wildman–Crippen MR) is 140 cm³/mol. The maximum Gasteiger partial charge on any atom is 0.253 e. The average Bonchev–Trinajstić information content (AvgIpc) is 3.64. The molecule has 0 aliphatic carbocycles. The molecular formula is C27H25BrN6O3. The minimum absolute atomic E-state index is 0.0700. The van der Waals surface area contributed by atoms with E-state index in [9.17, 15) is 19.6 Å². The number of benzene rings is 2. The number of hydrogen-bond donors (Lipinski definition) is 1. The van der Waals surface area contributed by atoms with E-state index in [0.717, 1.165) is 33.0 Å². The van der Waals surface area contributed by atoms with Gasteiger partial charge in [0.2, 0.25) is 11.8 Å². The van der Waals surface area contributed by atoms with Crippen LogP contribution in [-0.2, 0) is 15.0 Å². The smallest absolute Gasteiger partial charge is 0.253 e. The van der Waals surface area contributed by atoms with Crippen LogP contribution in [0.2, 0.25) is 0 Å². The van der Waals surface area contributed by atoms with E-state index in [4.69, 9.17) is 0 Å². The van der Waals surface area contributed by atoms with Crippen molar-refractivity contribution < 1.29 is 14.4 Å². The normalized spacial score (nSPS) is 20.5. The van der Waals surface area contributed by atoms with Crippen LogP contribution in [0.25, 0.3) is 10.9 Å². The van der Waals surface area contributed by atoms with Crippen molar-refractivity contribution in [3.63, 3.8) is 0 Å². The zero-order valence-corrected chi connectivity index (χ0v) is 21.7. The van der Waals surface area contributed by atoms with E-state index in [1.165, 1.54) is 0 Å². The molecule has 3 aliphatic heterocycles. The van der Waals surface area contributed by atoms with Crippen LogP contribution >= 0.6 is 15.9 Å². The number of amides is 3. The molecular weight excluding hydrogens is 536 g/mol. The fourth-order valence-corrected chi connectivity index (χ4v) is 6.82. The van der Waals surface area contributed by atoms with Crippen LogP contribution in [0.15, 0.2) is 47.1 Å². The Morgan fingerprint density at radius 1 is 1.19 bits per heavy atom. The van der Waals surface area contributed by atoms with Crippen molar-refractivity contribution in [1.29, 1.82) is 5.26 Å². The number of likely N-dealkylation sites (tertiary alicyclic amines) is 2. The first kappa shape index (κ1) is 23.7. The zero-order valence-electron chi connectivity index (χ0n) is 20.1. The van der Waals surface area contributed by atoms with E-state index in [2.05, 4.69) is 32.2 Å². The first-order chi connectivity index (χ1) is 17.9. The van der Waals surface area contributed by atoms with Gasteiger partial charge in [-0.25, -0.2) is 0 Å². The fraction of sp³-hybridized carbons (Fsp3) is 0.370. The van der Waals surface area contributed by atoms with Crippen LogP contribution < -0.4 is 4.90 Å². The summed E-state index contributed by atoms with van der Waals surface area (Å²) in [6.07, 6.45) is 4.09. The summed E-state index contributed by atoms with van der Waals surface area (Å²) in [4.78, 5) is 45.4. The second-order valence-electron chi connectivity index (χ2n) is 9.95. The standard InChI is InChI=1S/C27H25BrN6O3/c28-20-4-1-5-22-24(20)27(26(37)34(22)16-23(35)33-10-2-3-19(33)14-29)8-11-32(12-9-27)25(36)17-6-7-21-18(13-17)15-30-31-21/h1,4-7,13,15,19H,2-3,8-12,16H2,(H,30,31)/t19-/m0/s1. The number of H-pyrrole nitrogens is 1. The maximum absolute atomic E-state index is 14.0. The van der Waals surface area contributed by atoms with Gasteiger partial charge < -0.3 is 14.7 Å². The maximum atomic E-state index is 14.0. The van der Waals surface area contributed by atoms with E-state index < -0.39 is 11.5 Å². The molecule has 0 bridgehead atoms. The lowest BCUT2D eigenvalue weighted by molar-refractivity contribution is -0.132. The molecule has 3 aliphatic rings. The summed E-state index contributed by atoms with van der Waals surface area (Å²) in [5.74, 6) is -0.385. The number of nitrogens with zero attached hydrogens (tertiary/aromatic N) is 5. The molecule has 37 heavy (non-hydrogen) atoms. The molecule has 2 fully saturated rings. The number of nitriles is 1. The lowest BCUT2D eigenvalue weighted by Crippen LogP contribution is -2.52. The van der Waals surface area contributed by atoms with Crippen molar-refractivity contribution in [2.45, 2.75) is 37.1 Å². The number of halogens is 1.